The SMILES string of the molecule is C(=C\c1ccccc1)/CN1CCN(c2cc(N3CCCCCC3)ncn2)CC1. The maximum Gasteiger partial charge on any atom is 0.134 e. The molecule has 2 aliphatic rings. The molecule has 0 saturated carbocycles. The van der Waals surface area contributed by atoms with Crippen LogP contribution in [0.25, 0.3) is 6.08 Å². The summed E-state index contributed by atoms with van der Waals surface area (Å²) in [4.78, 5) is 16.5. The summed E-state index contributed by atoms with van der Waals surface area (Å²) in [5.41, 5.74) is 1.27. The van der Waals surface area contributed by atoms with Crippen molar-refractivity contribution in [2.24, 2.45) is 0 Å². The van der Waals surface area contributed by atoms with E-state index in [0.717, 1.165) is 57.4 Å². The highest BCUT2D eigenvalue weighted by Crippen LogP contribution is 2.21. The molecule has 0 unspecified atom stereocenters. The fourth-order valence-electron chi connectivity index (χ4n) is 4.04. The molecule has 5 nitrogen and oxygen atoms in total. The second-order valence-corrected chi connectivity index (χ2v) is 7.74. The van der Waals surface area contributed by atoms with Crippen LogP contribution in [0.15, 0.2) is 48.8 Å². The molecular formula is C23H31N5. The summed E-state index contributed by atoms with van der Waals surface area (Å²) in [5, 5.41) is 0. The third kappa shape index (κ3) is 5.10. The number of rotatable bonds is 5. The molecule has 2 aliphatic heterocycles. The van der Waals surface area contributed by atoms with Gasteiger partial charge in [0.15, 0.2) is 0 Å². The van der Waals surface area contributed by atoms with Crippen LogP contribution in [-0.2, 0) is 0 Å². The normalized spacial score (nSPS) is 19.1. The van der Waals surface area contributed by atoms with Gasteiger partial charge in [-0.15, -0.1) is 0 Å². The van der Waals surface area contributed by atoms with Crippen molar-refractivity contribution < 1.29 is 0 Å². The molecule has 2 fully saturated rings. The molecule has 0 aliphatic carbocycles. The summed E-state index contributed by atoms with van der Waals surface area (Å²) in [6.45, 7) is 7.44. The molecule has 0 atom stereocenters. The van der Waals surface area contributed by atoms with Gasteiger partial charge in [0.05, 0.1) is 0 Å². The maximum atomic E-state index is 4.56. The number of hydrogen-bond donors (Lipinski definition) is 0. The third-order valence-corrected chi connectivity index (χ3v) is 5.74. The highest BCUT2D eigenvalue weighted by molar-refractivity contribution is 5.51. The molecule has 28 heavy (non-hydrogen) atoms. The monoisotopic (exact) mass is 377 g/mol. The molecular weight excluding hydrogens is 346 g/mol. The Morgan fingerprint density at radius 2 is 1.39 bits per heavy atom. The Hall–Kier alpha value is -2.40. The van der Waals surface area contributed by atoms with Crippen LogP contribution in [0.1, 0.15) is 31.2 Å². The smallest absolute Gasteiger partial charge is 0.134 e. The zero-order chi connectivity index (χ0) is 19.0. The summed E-state index contributed by atoms with van der Waals surface area (Å²) in [5.74, 6) is 2.17. The first-order chi connectivity index (χ1) is 13.9. The number of nitrogens with zero attached hydrogens (tertiary/aromatic N) is 5. The van der Waals surface area contributed by atoms with Crippen molar-refractivity contribution >= 4 is 17.7 Å². The first-order valence-corrected chi connectivity index (χ1v) is 10.6. The number of anilines is 2. The van der Waals surface area contributed by atoms with E-state index in [0.29, 0.717) is 0 Å². The fourth-order valence-corrected chi connectivity index (χ4v) is 4.04. The van der Waals surface area contributed by atoms with E-state index >= 15 is 0 Å². The van der Waals surface area contributed by atoms with E-state index in [1.165, 1.54) is 31.2 Å². The quantitative estimate of drug-likeness (QED) is 0.794. The zero-order valence-electron chi connectivity index (χ0n) is 16.7. The highest BCUT2D eigenvalue weighted by atomic mass is 15.3. The minimum Gasteiger partial charge on any atom is -0.356 e. The predicted molar refractivity (Wildman–Crippen MR) is 117 cm³/mol. The molecule has 0 N–H and O–H groups in total. The van der Waals surface area contributed by atoms with Gasteiger partial charge in [-0.1, -0.05) is 55.3 Å². The Balaban J connectivity index is 1.30. The average molecular weight is 378 g/mol. The maximum absolute atomic E-state index is 4.56. The van der Waals surface area contributed by atoms with Crippen LogP contribution in [0.4, 0.5) is 11.6 Å². The van der Waals surface area contributed by atoms with Crippen LogP contribution in [0, 0.1) is 0 Å². The molecule has 3 heterocycles. The van der Waals surface area contributed by atoms with Gasteiger partial charge in [-0.2, -0.15) is 0 Å². The fraction of sp³-hybridized carbons (Fsp3) is 0.478. The molecule has 0 bridgehead atoms. The van der Waals surface area contributed by atoms with E-state index in [-0.39, 0.29) is 0 Å². The van der Waals surface area contributed by atoms with E-state index in [9.17, 15) is 0 Å². The van der Waals surface area contributed by atoms with E-state index in [2.05, 4.69) is 73.2 Å². The van der Waals surface area contributed by atoms with Crippen LogP contribution in [-0.4, -0.2) is 60.7 Å². The molecule has 1 aromatic carbocycles. The average Bonchev–Trinajstić information content (AvgIpc) is 3.05. The second-order valence-electron chi connectivity index (χ2n) is 7.74. The van der Waals surface area contributed by atoms with Gasteiger partial charge in [-0.05, 0) is 18.4 Å². The lowest BCUT2D eigenvalue weighted by Gasteiger charge is -2.35. The van der Waals surface area contributed by atoms with Crippen molar-refractivity contribution in [2.45, 2.75) is 25.7 Å². The molecule has 5 heteroatoms. The summed E-state index contributed by atoms with van der Waals surface area (Å²) in [6.07, 6.45) is 11.5. The Bertz CT molecular complexity index is 745. The van der Waals surface area contributed by atoms with Crippen LogP contribution in [0.5, 0.6) is 0 Å². The molecule has 0 amide bonds. The number of benzene rings is 1. The van der Waals surface area contributed by atoms with Gasteiger partial charge in [0.2, 0.25) is 0 Å². The summed E-state index contributed by atoms with van der Waals surface area (Å²) < 4.78 is 0. The van der Waals surface area contributed by atoms with Gasteiger partial charge in [0.1, 0.15) is 18.0 Å². The van der Waals surface area contributed by atoms with Crippen LogP contribution in [0.3, 0.4) is 0 Å². The van der Waals surface area contributed by atoms with Crippen molar-refractivity contribution in [3.8, 4) is 0 Å². The minimum atomic E-state index is 1.01. The molecule has 2 saturated heterocycles. The Kier molecular flexibility index (Phi) is 6.56. The standard InChI is InChI=1S/C23H31N5/c1-2-7-14-27(13-6-1)22-19-23(25-20-24-22)28-17-15-26(16-18-28)12-8-11-21-9-4-3-5-10-21/h3-5,8-11,19-20H,1-2,6-7,12-18H2/b11-8+. The van der Waals surface area contributed by atoms with Crippen molar-refractivity contribution in [1.29, 1.82) is 0 Å². The Morgan fingerprint density at radius 1 is 0.750 bits per heavy atom. The van der Waals surface area contributed by atoms with Crippen LogP contribution in [0.2, 0.25) is 0 Å². The van der Waals surface area contributed by atoms with Gasteiger partial charge in [-0.3, -0.25) is 4.90 Å². The van der Waals surface area contributed by atoms with E-state index < -0.39 is 0 Å². The lowest BCUT2D eigenvalue weighted by atomic mass is 10.2. The Labute approximate surface area is 168 Å². The van der Waals surface area contributed by atoms with Crippen molar-refractivity contribution in [1.82, 2.24) is 14.9 Å². The largest absolute Gasteiger partial charge is 0.356 e. The van der Waals surface area contributed by atoms with Crippen molar-refractivity contribution in [3.05, 3.63) is 54.4 Å². The predicted octanol–water partition coefficient (Wildman–Crippen LogP) is 3.69. The summed E-state index contributed by atoms with van der Waals surface area (Å²) >= 11 is 0. The lowest BCUT2D eigenvalue weighted by Crippen LogP contribution is -2.46. The topological polar surface area (TPSA) is 35.5 Å². The molecule has 4 rings (SSSR count). The first-order valence-electron chi connectivity index (χ1n) is 10.6. The minimum absolute atomic E-state index is 1.01. The molecule has 1 aromatic heterocycles. The van der Waals surface area contributed by atoms with Gasteiger partial charge < -0.3 is 9.80 Å². The highest BCUT2D eigenvalue weighted by Gasteiger charge is 2.19. The van der Waals surface area contributed by atoms with Gasteiger partial charge in [-0.25, -0.2) is 9.97 Å². The van der Waals surface area contributed by atoms with Gasteiger partial charge >= 0.3 is 0 Å². The van der Waals surface area contributed by atoms with Crippen molar-refractivity contribution in [3.63, 3.8) is 0 Å². The van der Waals surface area contributed by atoms with Crippen LogP contribution >= 0.6 is 0 Å². The summed E-state index contributed by atoms with van der Waals surface area (Å²) in [7, 11) is 0. The number of hydrogen-bond acceptors (Lipinski definition) is 5. The third-order valence-electron chi connectivity index (χ3n) is 5.74. The van der Waals surface area contributed by atoms with Gasteiger partial charge in [0, 0.05) is 51.9 Å². The number of piperazine rings is 1. The van der Waals surface area contributed by atoms with Crippen molar-refractivity contribution in [2.75, 3.05) is 55.6 Å². The van der Waals surface area contributed by atoms with Crippen LogP contribution < -0.4 is 9.80 Å². The lowest BCUT2D eigenvalue weighted by molar-refractivity contribution is 0.283. The number of aromatic nitrogens is 2. The first kappa shape index (κ1) is 18.9. The van der Waals surface area contributed by atoms with Gasteiger partial charge in [0.25, 0.3) is 0 Å². The summed E-state index contributed by atoms with van der Waals surface area (Å²) in [6, 6.07) is 12.7. The zero-order valence-corrected chi connectivity index (χ0v) is 16.7. The second kappa shape index (κ2) is 9.69. The molecule has 148 valence electrons. The van der Waals surface area contributed by atoms with E-state index in [1.54, 1.807) is 6.33 Å². The molecule has 0 radical (unpaired) electrons. The molecule has 2 aromatic rings. The van der Waals surface area contributed by atoms with E-state index in [4.69, 9.17) is 0 Å². The molecule has 0 spiro atoms. The van der Waals surface area contributed by atoms with E-state index in [1.807, 2.05) is 0 Å². The Morgan fingerprint density at radius 3 is 2.07 bits per heavy atom.